The van der Waals surface area contributed by atoms with Gasteiger partial charge in [0.15, 0.2) is 0 Å². The minimum Gasteiger partial charge on any atom is -0.423 e. The van der Waals surface area contributed by atoms with E-state index in [1.807, 2.05) is 6.92 Å². The molecule has 0 radical (unpaired) electrons. The van der Waals surface area contributed by atoms with Crippen LogP contribution in [0.15, 0.2) is 4.42 Å². The number of alkyl halides is 1. The minimum atomic E-state index is -0.174. The maximum Gasteiger partial charge on any atom is 0.234 e. The van der Waals surface area contributed by atoms with Crippen molar-refractivity contribution in [3.05, 3.63) is 11.8 Å². The summed E-state index contributed by atoms with van der Waals surface area (Å²) >= 11 is 5.86. The second-order valence-electron chi connectivity index (χ2n) is 4.52. The zero-order chi connectivity index (χ0) is 9.71. The first kappa shape index (κ1) is 8.72. The molecule has 2 aliphatic rings. The van der Waals surface area contributed by atoms with Gasteiger partial charge in [0.25, 0.3) is 0 Å². The number of nitrogens with zero attached hydrogens (tertiary/aromatic N) is 2. The summed E-state index contributed by atoms with van der Waals surface area (Å²) < 4.78 is 5.54. The van der Waals surface area contributed by atoms with Gasteiger partial charge in [-0.1, -0.05) is 0 Å². The molecule has 0 spiro atoms. The van der Waals surface area contributed by atoms with Gasteiger partial charge in [-0.15, -0.1) is 21.8 Å². The van der Waals surface area contributed by atoms with E-state index in [0.717, 1.165) is 17.7 Å². The van der Waals surface area contributed by atoms with Gasteiger partial charge in [0, 0.05) is 5.92 Å². The van der Waals surface area contributed by atoms with Crippen molar-refractivity contribution in [3.63, 3.8) is 0 Å². The highest BCUT2D eigenvalue weighted by Gasteiger charge is 2.47. The fraction of sp³-hybridized carbons (Fsp3) is 0.800. The van der Waals surface area contributed by atoms with Crippen LogP contribution in [-0.4, -0.2) is 10.2 Å². The molecule has 0 saturated heterocycles. The van der Waals surface area contributed by atoms with Crippen molar-refractivity contribution >= 4 is 11.6 Å². The molecular formula is C10H13ClN2O. The van der Waals surface area contributed by atoms with Gasteiger partial charge >= 0.3 is 0 Å². The largest absolute Gasteiger partial charge is 0.423 e. The summed E-state index contributed by atoms with van der Waals surface area (Å²) in [5.41, 5.74) is 0. The molecule has 0 amide bonds. The maximum atomic E-state index is 5.86. The normalized spacial score (nSPS) is 36.9. The van der Waals surface area contributed by atoms with Crippen LogP contribution in [0.3, 0.4) is 0 Å². The lowest BCUT2D eigenvalue weighted by Crippen LogP contribution is -1.95. The molecule has 0 aromatic carbocycles. The molecule has 3 unspecified atom stereocenters. The highest BCUT2D eigenvalue weighted by Crippen LogP contribution is 2.57. The van der Waals surface area contributed by atoms with Crippen molar-refractivity contribution in [2.24, 2.45) is 11.8 Å². The summed E-state index contributed by atoms with van der Waals surface area (Å²) in [4.78, 5) is 0. The third kappa shape index (κ3) is 1.34. The van der Waals surface area contributed by atoms with Crippen LogP contribution in [0, 0.1) is 11.8 Å². The molecule has 14 heavy (non-hydrogen) atoms. The highest BCUT2D eigenvalue weighted by molar-refractivity contribution is 6.20. The average Bonchev–Trinajstić information content (AvgIpc) is 2.69. The van der Waals surface area contributed by atoms with Crippen LogP contribution in [0.5, 0.6) is 0 Å². The Hall–Kier alpha value is -0.570. The van der Waals surface area contributed by atoms with Gasteiger partial charge in [-0.05, 0) is 38.0 Å². The number of aromatic nitrogens is 2. The molecule has 3 nitrogen and oxygen atoms in total. The summed E-state index contributed by atoms with van der Waals surface area (Å²) in [6.45, 7) is 1.85. The van der Waals surface area contributed by atoms with E-state index in [4.69, 9.17) is 16.0 Å². The third-order valence-electron chi connectivity index (χ3n) is 3.39. The van der Waals surface area contributed by atoms with Gasteiger partial charge in [0.2, 0.25) is 11.8 Å². The smallest absolute Gasteiger partial charge is 0.234 e. The summed E-state index contributed by atoms with van der Waals surface area (Å²) in [7, 11) is 0. The summed E-state index contributed by atoms with van der Waals surface area (Å²) in [5, 5.41) is 7.85. The number of hydrogen-bond donors (Lipinski definition) is 0. The van der Waals surface area contributed by atoms with E-state index in [1.165, 1.54) is 19.3 Å². The van der Waals surface area contributed by atoms with E-state index < -0.39 is 0 Å². The highest BCUT2D eigenvalue weighted by atomic mass is 35.5. The molecule has 1 heterocycles. The number of fused-ring (bicyclic) bond motifs is 1. The molecule has 3 rings (SSSR count). The fourth-order valence-electron chi connectivity index (χ4n) is 2.49. The summed E-state index contributed by atoms with van der Waals surface area (Å²) in [5.74, 6) is 3.77. The van der Waals surface area contributed by atoms with Gasteiger partial charge < -0.3 is 4.42 Å². The first-order chi connectivity index (χ1) is 6.74. The molecule has 3 atom stereocenters. The lowest BCUT2D eigenvalue weighted by molar-refractivity contribution is 0.403. The molecule has 2 fully saturated rings. The first-order valence-electron chi connectivity index (χ1n) is 5.21. The molecule has 4 heteroatoms. The average molecular weight is 213 g/mol. The van der Waals surface area contributed by atoms with E-state index in [-0.39, 0.29) is 5.38 Å². The molecule has 1 aromatic heterocycles. The van der Waals surface area contributed by atoms with Gasteiger partial charge in [-0.25, -0.2) is 0 Å². The number of halogens is 1. The molecule has 0 N–H and O–H groups in total. The van der Waals surface area contributed by atoms with Gasteiger partial charge in [0.05, 0.1) is 0 Å². The first-order valence-corrected chi connectivity index (χ1v) is 5.65. The van der Waals surface area contributed by atoms with Crippen LogP contribution < -0.4 is 0 Å². The van der Waals surface area contributed by atoms with Crippen molar-refractivity contribution in [1.29, 1.82) is 0 Å². The minimum absolute atomic E-state index is 0.174. The van der Waals surface area contributed by atoms with Gasteiger partial charge in [-0.3, -0.25) is 0 Å². The van der Waals surface area contributed by atoms with Crippen molar-refractivity contribution in [1.82, 2.24) is 10.2 Å². The van der Waals surface area contributed by atoms with Crippen LogP contribution in [0.25, 0.3) is 0 Å². The standard InChI is InChI=1S/C10H13ClN2O/c1-5(11)9-12-13-10(14-9)8-3-6-2-7(6)4-8/h5-8H,2-4H2,1H3. The van der Waals surface area contributed by atoms with Crippen molar-refractivity contribution in [3.8, 4) is 0 Å². The predicted octanol–water partition coefficient (Wildman–Crippen LogP) is 2.88. The molecule has 2 saturated carbocycles. The van der Waals surface area contributed by atoms with Crippen LogP contribution >= 0.6 is 11.6 Å². The van der Waals surface area contributed by atoms with E-state index in [9.17, 15) is 0 Å². The zero-order valence-corrected chi connectivity index (χ0v) is 8.87. The summed E-state index contributed by atoms with van der Waals surface area (Å²) in [6.07, 6.45) is 3.90. The monoisotopic (exact) mass is 212 g/mol. The van der Waals surface area contributed by atoms with Gasteiger partial charge in [-0.2, -0.15) is 0 Å². The van der Waals surface area contributed by atoms with Crippen LogP contribution in [0.1, 0.15) is 49.3 Å². The summed E-state index contributed by atoms with van der Waals surface area (Å²) in [6, 6.07) is 0. The Labute approximate surface area is 87.8 Å². The predicted molar refractivity (Wildman–Crippen MR) is 52.1 cm³/mol. The quantitative estimate of drug-likeness (QED) is 0.708. The lowest BCUT2D eigenvalue weighted by atomic mass is 10.0. The van der Waals surface area contributed by atoms with E-state index in [2.05, 4.69) is 10.2 Å². The topological polar surface area (TPSA) is 38.9 Å². The van der Waals surface area contributed by atoms with Crippen molar-refractivity contribution < 1.29 is 4.42 Å². The van der Waals surface area contributed by atoms with E-state index >= 15 is 0 Å². The molecule has 2 aliphatic carbocycles. The molecule has 1 aromatic rings. The Morgan fingerprint density at radius 2 is 2.00 bits per heavy atom. The maximum absolute atomic E-state index is 5.86. The van der Waals surface area contributed by atoms with E-state index in [1.54, 1.807) is 0 Å². The van der Waals surface area contributed by atoms with Crippen LogP contribution in [0.2, 0.25) is 0 Å². The second kappa shape index (κ2) is 2.96. The Bertz CT molecular complexity index is 340. The van der Waals surface area contributed by atoms with Crippen molar-refractivity contribution in [2.45, 2.75) is 37.5 Å². The molecule has 76 valence electrons. The number of rotatable bonds is 2. The van der Waals surface area contributed by atoms with E-state index in [0.29, 0.717) is 11.8 Å². The fourth-order valence-corrected chi connectivity index (χ4v) is 2.58. The zero-order valence-electron chi connectivity index (χ0n) is 8.11. The lowest BCUT2D eigenvalue weighted by Gasteiger charge is -2.04. The third-order valence-corrected chi connectivity index (χ3v) is 3.58. The van der Waals surface area contributed by atoms with Crippen molar-refractivity contribution in [2.75, 3.05) is 0 Å². The SMILES string of the molecule is CC(Cl)c1nnc(C2CC3CC3C2)o1. The molecule has 0 bridgehead atoms. The Morgan fingerprint density at radius 1 is 1.29 bits per heavy atom. The number of hydrogen-bond acceptors (Lipinski definition) is 3. The second-order valence-corrected chi connectivity index (χ2v) is 5.17. The molecule has 0 aliphatic heterocycles. The van der Waals surface area contributed by atoms with Crippen LogP contribution in [-0.2, 0) is 0 Å². The Balaban J connectivity index is 1.76. The molecular weight excluding hydrogens is 200 g/mol. The Kier molecular flexibility index (Phi) is 1.84. The van der Waals surface area contributed by atoms with Gasteiger partial charge in [0.1, 0.15) is 5.38 Å². The van der Waals surface area contributed by atoms with Crippen LogP contribution in [0.4, 0.5) is 0 Å². The Morgan fingerprint density at radius 3 is 2.57 bits per heavy atom.